The Kier molecular flexibility index (Phi) is 3.66. The summed E-state index contributed by atoms with van der Waals surface area (Å²) in [4.78, 5) is 17.4. The number of ketones is 1. The highest BCUT2D eigenvalue weighted by Gasteiger charge is 2.24. The van der Waals surface area contributed by atoms with E-state index in [2.05, 4.69) is 4.98 Å². The topological polar surface area (TPSA) is 33.2 Å². The quantitative estimate of drug-likeness (QED) is 0.761. The molecular weight excluding hydrogens is 226 g/mol. The highest BCUT2D eigenvalue weighted by molar-refractivity contribution is 6.02. The third-order valence-corrected chi connectivity index (χ3v) is 2.91. The molecule has 1 saturated heterocycles. The fourth-order valence-electron chi connectivity index (χ4n) is 2.06. The van der Waals surface area contributed by atoms with Crippen molar-refractivity contribution in [2.45, 2.75) is 25.7 Å². The second kappa shape index (κ2) is 5.21. The van der Waals surface area contributed by atoms with Crippen LogP contribution in [0.15, 0.2) is 18.3 Å². The van der Waals surface area contributed by atoms with Crippen LogP contribution in [0, 0.1) is 0 Å². The van der Waals surface area contributed by atoms with E-state index in [1.165, 1.54) is 18.3 Å². The number of anilines is 1. The molecule has 0 atom stereocenters. The van der Waals surface area contributed by atoms with E-state index in [9.17, 15) is 13.6 Å². The predicted molar refractivity (Wildman–Crippen MR) is 60.6 cm³/mol. The summed E-state index contributed by atoms with van der Waals surface area (Å²) in [5.41, 5.74) is 0.0319. The summed E-state index contributed by atoms with van der Waals surface area (Å²) in [6, 6.07) is 2.94. The first-order valence-corrected chi connectivity index (χ1v) is 5.72. The summed E-state index contributed by atoms with van der Waals surface area (Å²) in [6.45, 7) is 1.56. The minimum atomic E-state index is -2.97. The highest BCUT2D eigenvalue weighted by Crippen LogP contribution is 2.23. The van der Waals surface area contributed by atoms with E-state index < -0.39 is 12.2 Å². The SMILES string of the molecule is O=C(c1cccnc1N1CCCCC1)C(F)F. The van der Waals surface area contributed by atoms with Crippen LogP contribution in [0.1, 0.15) is 29.6 Å². The molecule has 0 aliphatic carbocycles. The lowest BCUT2D eigenvalue weighted by molar-refractivity contribution is 0.0679. The van der Waals surface area contributed by atoms with Crippen molar-refractivity contribution < 1.29 is 13.6 Å². The van der Waals surface area contributed by atoms with Gasteiger partial charge in [0.05, 0.1) is 5.56 Å². The van der Waals surface area contributed by atoms with Gasteiger partial charge in [-0.1, -0.05) is 0 Å². The monoisotopic (exact) mass is 240 g/mol. The minimum absolute atomic E-state index is 0.0319. The smallest absolute Gasteiger partial charge is 0.300 e. The molecule has 1 aromatic heterocycles. The first-order chi connectivity index (χ1) is 8.20. The van der Waals surface area contributed by atoms with Crippen molar-refractivity contribution in [1.29, 1.82) is 0 Å². The molecule has 0 saturated carbocycles. The van der Waals surface area contributed by atoms with Crippen LogP contribution < -0.4 is 4.90 Å². The first kappa shape index (κ1) is 12.0. The molecule has 0 aromatic carbocycles. The molecule has 17 heavy (non-hydrogen) atoms. The van der Waals surface area contributed by atoms with E-state index in [-0.39, 0.29) is 5.56 Å². The summed E-state index contributed by atoms with van der Waals surface area (Å²) in [7, 11) is 0. The van der Waals surface area contributed by atoms with Gasteiger partial charge < -0.3 is 4.90 Å². The fraction of sp³-hybridized carbons (Fsp3) is 0.500. The van der Waals surface area contributed by atoms with Crippen molar-refractivity contribution in [1.82, 2.24) is 4.98 Å². The molecule has 2 heterocycles. The van der Waals surface area contributed by atoms with Crippen molar-refractivity contribution >= 4 is 11.6 Å². The Balaban J connectivity index is 2.29. The van der Waals surface area contributed by atoms with E-state index in [1.807, 2.05) is 4.90 Å². The van der Waals surface area contributed by atoms with E-state index in [0.717, 1.165) is 32.4 Å². The van der Waals surface area contributed by atoms with Crippen LogP contribution in [0.4, 0.5) is 14.6 Å². The van der Waals surface area contributed by atoms with Crippen LogP contribution in [-0.4, -0.2) is 30.3 Å². The molecule has 1 aliphatic rings. The van der Waals surface area contributed by atoms with E-state index in [4.69, 9.17) is 0 Å². The van der Waals surface area contributed by atoms with Crippen LogP contribution in [0.5, 0.6) is 0 Å². The summed E-state index contributed by atoms with van der Waals surface area (Å²) in [6.07, 6.45) is 1.73. The molecule has 1 aliphatic heterocycles. The lowest BCUT2D eigenvalue weighted by Gasteiger charge is -2.28. The number of hydrogen-bond donors (Lipinski definition) is 0. The van der Waals surface area contributed by atoms with Gasteiger partial charge >= 0.3 is 6.43 Å². The fourth-order valence-corrected chi connectivity index (χ4v) is 2.06. The van der Waals surface area contributed by atoms with Crippen LogP contribution in [0.2, 0.25) is 0 Å². The maximum atomic E-state index is 12.5. The molecule has 0 amide bonds. The second-order valence-electron chi connectivity index (χ2n) is 4.09. The third kappa shape index (κ3) is 2.60. The Morgan fingerprint density at radius 2 is 2.00 bits per heavy atom. The van der Waals surface area contributed by atoms with Crippen molar-refractivity contribution in [2.75, 3.05) is 18.0 Å². The molecule has 0 unspecified atom stereocenters. The van der Waals surface area contributed by atoms with Gasteiger partial charge in [-0.3, -0.25) is 4.79 Å². The van der Waals surface area contributed by atoms with Crippen LogP contribution in [0.25, 0.3) is 0 Å². The van der Waals surface area contributed by atoms with Gasteiger partial charge in [0, 0.05) is 19.3 Å². The summed E-state index contributed by atoms with van der Waals surface area (Å²) >= 11 is 0. The Bertz CT molecular complexity index is 403. The number of rotatable bonds is 3. The van der Waals surface area contributed by atoms with Gasteiger partial charge in [0.15, 0.2) is 0 Å². The van der Waals surface area contributed by atoms with Gasteiger partial charge in [-0.05, 0) is 31.4 Å². The van der Waals surface area contributed by atoms with Crippen LogP contribution in [0.3, 0.4) is 0 Å². The number of aromatic nitrogens is 1. The van der Waals surface area contributed by atoms with Crippen molar-refractivity contribution in [3.8, 4) is 0 Å². The Labute approximate surface area is 98.5 Å². The molecule has 0 bridgehead atoms. The summed E-state index contributed by atoms with van der Waals surface area (Å²) < 4.78 is 24.9. The predicted octanol–water partition coefficient (Wildman–Crippen LogP) is 2.52. The van der Waals surface area contributed by atoms with Gasteiger partial charge in [-0.15, -0.1) is 0 Å². The molecule has 1 aromatic rings. The average molecular weight is 240 g/mol. The molecule has 92 valence electrons. The molecular formula is C12H14F2N2O. The molecule has 1 fully saturated rings. The normalized spacial score (nSPS) is 16.3. The zero-order valence-electron chi connectivity index (χ0n) is 9.40. The summed E-state index contributed by atoms with van der Waals surface area (Å²) in [5, 5.41) is 0. The number of nitrogens with zero attached hydrogens (tertiary/aromatic N) is 2. The second-order valence-corrected chi connectivity index (χ2v) is 4.09. The number of carbonyl (C=O) groups excluding carboxylic acids is 1. The number of halogens is 2. The van der Waals surface area contributed by atoms with Crippen molar-refractivity contribution in [2.24, 2.45) is 0 Å². The standard InChI is InChI=1S/C12H14F2N2O/c13-11(14)10(17)9-5-4-6-15-12(9)16-7-2-1-3-8-16/h4-6,11H,1-3,7-8H2. The van der Waals surface area contributed by atoms with Gasteiger partial charge in [-0.2, -0.15) is 0 Å². The largest absolute Gasteiger partial charge is 0.356 e. The van der Waals surface area contributed by atoms with E-state index in [1.54, 1.807) is 0 Å². The van der Waals surface area contributed by atoms with Gasteiger partial charge in [0.2, 0.25) is 5.78 Å². The lowest BCUT2D eigenvalue weighted by atomic mass is 10.1. The first-order valence-electron chi connectivity index (χ1n) is 5.72. The number of hydrogen-bond acceptors (Lipinski definition) is 3. The zero-order valence-corrected chi connectivity index (χ0v) is 9.40. The Hall–Kier alpha value is -1.52. The van der Waals surface area contributed by atoms with Crippen LogP contribution >= 0.6 is 0 Å². The Morgan fingerprint density at radius 3 is 2.65 bits per heavy atom. The van der Waals surface area contributed by atoms with Crippen molar-refractivity contribution in [3.63, 3.8) is 0 Å². The van der Waals surface area contributed by atoms with Gasteiger partial charge in [-0.25, -0.2) is 13.8 Å². The van der Waals surface area contributed by atoms with Crippen molar-refractivity contribution in [3.05, 3.63) is 23.9 Å². The molecule has 0 radical (unpaired) electrons. The molecule has 0 spiro atoms. The summed E-state index contributed by atoms with van der Waals surface area (Å²) in [5.74, 6) is -0.740. The third-order valence-electron chi connectivity index (χ3n) is 2.91. The highest BCUT2D eigenvalue weighted by atomic mass is 19.3. The number of carbonyl (C=O) groups is 1. The molecule has 2 rings (SSSR count). The Morgan fingerprint density at radius 1 is 1.29 bits per heavy atom. The van der Waals surface area contributed by atoms with E-state index in [0.29, 0.717) is 5.82 Å². The maximum Gasteiger partial charge on any atom is 0.300 e. The van der Waals surface area contributed by atoms with Gasteiger partial charge in [0.1, 0.15) is 5.82 Å². The number of pyridine rings is 1. The molecule has 3 nitrogen and oxygen atoms in total. The number of piperidine rings is 1. The van der Waals surface area contributed by atoms with Crippen LogP contribution in [-0.2, 0) is 0 Å². The average Bonchev–Trinajstić information content (AvgIpc) is 2.39. The van der Waals surface area contributed by atoms with E-state index >= 15 is 0 Å². The van der Waals surface area contributed by atoms with Gasteiger partial charge in [0.25, 0.3) is 0 Å². The minimum Gasteiger partial charge on any atom is -0.356 e. The molecule has 5 heteroatoms. The number of alkyl halides is 2. The molecule has 0 N–H and O–H groups in total. The zero-order chi connectivity index (χ0) is 12.3. The number of Topliss-reactive ketones (excluding diaryl/α,β-unsaturated/α-hetero) is 1. The maximum absolute atomic E-state index is 12.5. The lowest BCUT2D eigenvalue weighted by Crippen LogP contribution is -2.32.